The van der Waals surface area contributed by atoms with E-state index in [1.54, 1.807) is 12.1 Å². The second-order valence-electron chi connectivity index (χ2n) is 6.14. The third kappa shape index (κ3) is 3.79. The van der Waals surface area contributed by atoms with Crippen LogP contribution in [0.25, 0.3) is 0 Å². The number of carbonyl (C=O) groups excluding carboxylic acids is 1. The fourth-order valence-corrected chi connectivity index (χ4v) is 3.27. The number of methoxy groups -OCH3 is 1. The molecule has 3 rings (SSSR count). The number of aliphatic hydroxyl groups excluding tert-OH is 1. The Bertz CT molecular complexity index is 781. The lowest BCUT2D eigenvalue weighted by Crippen LogP contribution is -2.33. The van der Waals surface area contributed by atoms with Gasteiger partial charge in [-0.25, -0.2) is 8.78 Å². The van der Waals surface area contributed by atoms with Crippen LogP contribution in [0.3, 0.4) is 0 Å². The number of hydrogen-bond donors (Lipinski definition) is 1. The predicted octanol–water partition coefficient (Wildman–Crippen LogP) is 2.85. The van der Waals surface area contributed by atoms with Gasteiger partial charge in [0.05, 0.1) is 25.7 Å². The zero-order valence-corrected chi connectivity index (χ0v) is 13.8. The number of rotatable bonds is 4. The van der Waals surface area contributed by atoms with Gasteiger partial charge in [-0.1, -0.05) is 12.1 Å². The fraction of sp³-hybridized carbons (Fsp3) is 0.316. The molecule has 6 heteroatoms. The molecule has 1 heterocycles. The lowest BCUT2D eigenvalue weighted by molar-refractivity contribution is -0.131. The first-order chi connectivity index (χ1) is 12.0. The highest BCUT2D eigenvalue weighted by molar-refractivity contribution is 5.80. The summed E-state index contributed by atoms with van der Waals surface area (Å²) in [5.74, 6) is -0.684. The molecule has 0 unspecified atom stereocenters. The van der Waals surface area contributed by atoms with Crippen molar-refractivity contribution in [1.29, 1.82) is 0 Å². The molecule has 1 aliphatic rings. The van der Waals surface area contributed by atoms with E-state index in [-0.39, 0.29) is 18.9 Å². The van der Waals surface area contributed by atoms with Gasteiger partial charge in [0.15, 0.2) is 0 Å². The molecule has 2 aromatic rings. The Hall–Kier alpha value is -2.47. The standard InChI is InChI=1S/C19H19F2NO3/c1-25-18-6-5-15(21)8-13(18)9-19(24)22-11-16(23)10-17(22)12-3-2-4-14(20)7-12/h2-8,16-17,23H,9-11H2,1H3/t16-,17+/m0/s1. The van der Waals surface area contributed by atoms with Crippen molar-refractivity contribution in [2.45, 2.75) is 25.0 Å². The SMILES string of the molecule is COc1ccc(F)cc1CC(=O)N1C[C@@H](O)C[C@@H]1c1cccc(F)c1. The average molecular weight is 347 g/mol. The van der Waals surface area contributed by atoms with E-state index in [0.29, 0.717) is 23.3 Å². The van der Waals surface area contributed by atoms with E-state index in [9.17, 15) is 18.7 Å². The van der Waals surface area contributed by atoms with Gasteiger partial charge in [0.25, 0.3) is 0 Å². The highest BCUT2D eigenvalue weighted by Gasteiger charge is 2.35. The Morgan fingerprint density at radius 3 is 2.72 bits per heavy atom. The minimum Gasteiger partial charge on any atom is -0.496 e. The number of carbonyl (C=O) groups is 1. The van der Waals surface area contributed by atoms with Crippen LogP contribution in [0.15, 0.2) is 42.5 Å². The van der Waals surface area contributed by atoms with E-state index >= 15 is 0 Å². The molecular formula is C19H19F2NO3. The minimum atomic E-state index is -0.674. The Kier molecular flexibility index (Phi) is 4.99. The summed E-state index contributed by atoms with van der Waals surface area (Å²) < 4.78 is 32.2. The molecule has 0 aliphatic carbocycles. The maximum absolute atomic E-state index is 13.5. The van der Waals surface area contributed by atoms with Crippen LogP contribution in [0.2, 0.25) is 0 Å². The Balaban J connectivity index is 1.84. The van der Waals surface area contributed by atoms with Crippen LogP contribution in [0, 0.1) is 11.6 Å². The van der Waals surface area contributed by atoms with Crippen LogP contribution in [-0.4, -0.2) is 35.7 Å². The first-order valence-electron chi connectivity index (χ1n) is 8.03. The first kappa shape index (κ1) is 17.4. The number of benzene rings is 2. The van der Waals surface area contributed by atoms with Crippen molar-refractivity contribution in [2.24, 2.45) is 0 Å². The molecule has 132 valence electrons. The Morgan fingerprint density at radius 1 is 1.24 bits per heavy atom. The van der Waals surface area contributed by atoms with Crippen LogP contribution in [0.1, 0.15) is 23.6 Å². The number of likely N-dealkylation sites (tertiary alicyclic amines) is 1. The first-order valence-corrected chi connectivity index (χ1v) is 8.03. The monoisotopic (exact) mass is 347 g/mol. The van der Waals surface area contributed by atoms with E-state index < -0.39 is 23.8 Å². The van der Waals surface area contributed by atoms with E-state index in [2.05, 4.69) is 0 Å². The van der Waals surface area contributed by atoms with Crippen LogP contribution in [-0.2, 0) is 11.2 Å². The number of β-amino-alcohol motifs (C(OH)–C–C–N with tert-alkyl or cyclic N) is 1. The van der Waals surface area contributed by atoms with Gasteiger partial charge >= 0.3 is 0 Å². The van der Waals surface area contributed by atoms with Crippen molar-refractivity contribution >= 4 is 5.91 Å². The summed E-state index contributed by atoms with van der Waals surface area (Å²) in [6, 6.07) is 9.61. The van der Waals surface area contributed by atoms with Gasteiger partial charge in [-0.3, -0.25) is 4.79 Å². The van der Waals surface area contributed by atoms with Crippen LogP contribution < -0.4 is 4.74 Å². The van der Waals surface area contributed by atoms with Crippen LogP contribution >= 0.6 is 0 Å². The summed E-state index contributed by atoms with van der Waals surface area (Å²) in [6.07, 6.45) is -0.388. The summed E-state index contributed by atoms with van der Waals surface area (Å²) in [5.41, 5.74) is 1.07. The predicted molar refractivity (Wildman–Crippen MR) is 88.1 cm³/mol. The van der Waals surface area contributed by atoms with E-state index in [1.807, 2.05) is 0 Å². The maximum Gasteiger partial charge on any atom is 0.227 e. The molecule has 1 amide bonds. The second-order valence-corrected chi connectivity index (χ2v) is 6.14. The normalized spacial score (nSPS) is 19.9. The molecule has 0 bridgehead atoms. The van der Waals surface area contributed by atoms with Crippen molar-refractivity contribution in [3.63, 3.8) is 0 Å². The van der Waals surface area contributed by atoms with Gasteiger partial charge < -0.3 is 14.7 Å². The largest absolute Gasteiger partial charge is 0.496 e. The van der Waals surface area contributed by atoms with Gasteiger partial charge in [-0.15, -0.1) is 0 Å². The highest BCUT2D eigenvalue weighted by Crippen LogP contribution is 2.33. The molecule has 1 fully saturated rings. The lowest BCUT2D eigenvalue weighted by Gasteiger charge is -2.25. The van der Waals surface area contributed by atoms with Gasteiger partial charge in [-0.05, 0) is 42.3 Å². The molecule has 0 radical (unpaired) electrons. The molecule has 4 nitrogen and oxygen atoms in total. The van der Waals surface area contributed by atoms with Gasteiger partial charge in [0, 0.05) is 12.1 Å². The molecule has 0 spiro atoms. The van der Waals surface area contributed by atoms with Crippen molar-refractivity contribution in [3.05, 3.63) is 65.2 Å². The molecule has 2 aromatic carbocycles. The van der Waals surface area contributed by atoms with Crippen molar-refractivity contribution in [3.8, 4) is 5.75 Å². The van der Waals surface area contributed by atoms with Gasteiger partial charge in [0.1, 0.15) is 17.4 Å². The third-order valence-corrected chi connectivity index (χ3v) is 4.42. The van der Waals surface area contributed by atoms with Crippen molar-refractivity contribution in [2.75, 3.05) is 13.7 Å². The topological polar surface area (TPSA) is 49.8 Å². The van der Waals surface area contributed by atoms with Gasteiger partial charge in [-0.2, -0.15) is 0 Å². The number of nitrogens with zero attached hydrogens (tertiary/aromatic N) is 1. The second kappa shape index (κ2) is 7.19. The molecule has 0 saturated carbocycles. The van der Waals surface area contributed by atoms with E-state index in [1.165, 1.54) is 42.3 Å². The molecule has 25 heavy (non-hydrogen) atoms. The summed E-state index contributed by atoms with van der Waals surface area (Å²) in [5, 5.41) is 9.99. The molecular weight excluding hydrogens is 328 g/mol. The summed E-state index contributed by atoms with van der Waals surface area (Å²) >= 11 is 0. The van der Waals surface area contributed by atoms with Crippen molar-refractivity contribution < 1.29 is 23.4 Å². The summed E-state index contributed by atoms with van der Waals surface area (Å²) in [6.45, 7) is 0.164. The number of ether oxygens (including phenoxy) is 1. The fourth-order valence-electron chi connectivity index (χ4n) is 3.27. The molecule has 2 atom stereocenters. The Labute approximate surface area is 144 Å². The zero-order chi connectivity index (χ0) is 18.0. The van der Waals surface area contributed by atoms with Crippen molar-refractivity contribution in [1.82, 2.24) is 4.90 Å². The number of hydrogen-bond acceptors (Lipinski definition) is 3. The number of aliphatic hydroxyl groups is 1. The molecule has 1 N–H and O–H groups in total. The Morgan fingerprint density at radius 2 is 2.00 bits per heavy atom. The van der Waals surface area contributed by atoms with E-state index in [0.717, 1.165) is 0 Å². The molecule has 1 saturated heterocycles. The average Bonchev–Trinajstić information content (AvgIpc) is 2.97. The lowest BCUT2D eigenvalue weighted by atomic mass is 10.0. The van der Waals surface area contributed by atoms with Crippen LogP contribution in [0.5, 0.6) is 5.75 Å². The van der Waals surface area contributed by atoms with E-state index in [4.69, 9.17) is 4.74 Å². The van der Waals surface area contributed by atoms with Crippen LogP contribution in [0.4, 0.5) is 8.78 Å². The maximum atomic E-state index is 13.5. The smallest absolute Gasteiger partial charge is 0.227 e. The summed E-state index contributed by atoms with van der Waals surface area (Å²) in [4.78, 5) is 14.3. The minimum absolute atomic E-state index is 0.0561. The number of halogens is 2. The van der Waals surface area contributed by atoms with Gasteiger partial charge in [0.2, 0.25) is 5.91 Å². The summed E-state index contributed by atoms with van der Waals surface area (Å²) in [7, 11) is 1.45. The quantitative estimate of drug-likeness (QED) is 0.925. The zero-order valence-electron chi connectivity index (χ0n) is 13.8. The third-order valence-electron chi connectivity index (χ3n) is 4.42. The highest BCUT2D eigenvalue weighted by atomic mass is 19.1. The molecule has 1 aliphatic heterocycles. The molecule has 0 aromatic heterocycles. The number of amides is 1.